The van der Waals surface area contributed by atoms with Crippen molar-refractivity contribution in [2.45, 2.75) is 38.0 Å². The Labute approximate surface area is 184 Å². The summed E-state index contributed by atoms with van der Waals surface area (Å²) in [7, 11) is -5.98. The van der Waals surface area contributed by atoms with Crippen molar-refractivity contribution in [3.05, 3.63) is 29.8 Å². The van der Waals surface area contributed by atoms with E-state index in [0.29, 0.717) is 25.8 Å². The molecule has 1 unspecified atom stereocenters. The predicted octanol–water partition coefficient (Wildman–Crippen LogP) is 0.215. The number of aryl methyl sites for hydroxylation is 1. The van der Waals surface area contributed by atoms with Gasteiger partial charge in [0.05, 0.1) is 23.1 Å². The zero-order chi connectivity index (χ0) is 23.2. The number of amides is 2. The molecule has 1 aromatic carbocycles. The van der Waals surface area contributed by atoms with Crippen molar-refractivity contribution >= 4 is 31.9 Å². The molecule has 10 nitrogen and oxygen atoms in total. The molecule has 2 N–H and O–H groups in total. The summed E-state index contributed by atoms with van der Waals surface area (Å²) in [5, 5.41) is 0. The van der Waals surface area contributed by atoms with Crippen molar-refractivity contribution in [2.24, 2.45) is 5.92 Å². The van der Waals surface area contributed by atoms with E-state index in [-0.39, 0.29) is 17.2 Å². The molecule has 0 bridgehead atoms. The predicted molar refractivity (Wildman–Crippen MR) is 116 cm³/mol. The van der Waals surface area contributed by atoms with Gasteiger partial charge in [-0.25, -0.2) is 21.1 Å². The van der Waals surface area contributed by atoms with E-state index in [2.05, 4.69) is 10.9 Å². The largest absolute Gasteiger partial charge is 0.273 e. The summed E-state index contributed by atoms with van der Waals surface area (Å²) in [6.07, 6.45) is 1.54. The molecule has 0 aliphatic carbocycles. The smallest absolute Gasteiger partial charge is 0.253 e. The number of hydrogen-bond acceptors (Lipinski definition) is 6. The maximum absolute atomic E-state index is 12.5. The lowest BCUT2D eigenvalue weighted by molar-refractivity contribution is -0.132. The van der Waals surface area contributed by atoms with E-state index in [1.54, 1.807) is 19.1 Å². The Morgan fingerprint density at radius 3 is 2.39 bits per heavy atom. The number of hydrazine groups is 1. The number of rotatable bonds is 8. The Morgan fingerprint density at radius 2 is 1.77 bits per heavy atom. The highest BCUT2D eigenvalue weighted by Crippen LogP contribution is 2.20. The molecule has 0 spiro atoms. The molecular formula is C19H30N4O6S2. The summed E-state index contributed by atoms with van der Waals surface area (Å²) in [6.45, 7) is 3.56. The molecule has 2 amide bonds. The van der Waals surface area contributed by atoms with Crippen molar-refractivity contribution in [1.82, 2.24) is 19.5 Å². The van der Waals surface area contributed by atoms with E-state index in [0.717, 1.165) is 9.87 Å². The summed E-state index contributed by atoms with van der Waals surface area (Å²) in [6, 6.07) is 6.24. The van der Waals surface area contributed by atoms with Gasteiger partial charge in [-0.15, -0.1) is 0 Å². The van der Waals surface area contributed by atoms with Crippen molar-refractivity contribution in [3.8, 4) is 0 Å². The second-order valence-corrected chi connectivity index (χ2v) is 11.8. The molecular weight excluding hydrogens is 444 g/mol. The molecule has 1 saturated heterocycles. The monoisotopic (exact) mass is 474 g/mol. The highest BCUT2D eigenvalue weighted by atomic mass is 32.2. The lowest BCUT2D eigenvalue weighted by Crippen LogP contribution is -2.52. The van der Waals surface area contributed by atoms with Crippen LogP contribution < -0.4 is 10.9 Å². The van der Waals surface area contributed by atoms with Gasteiger partial charge >= 0.3 is 0 Å². The Hall–Kier alpha value is -2.02. The van der Waals surface area contributed by atoms with Gasteiger partial charge < -0.3 is 0 Å². The van der Waals surface area contributed by atoms with Crippen LogP contribution in [0.3, 0.4) is 0 Å². The molecule has 1 atom stereocenters. The molecule has 2 rings (SSSR count). The van der Waals surface area contributed by atoms with Crippen LogP contribution in [0.5, 0.6) is 0 Å². The maximum Gasteiger partial charge on any atom is 0.253 e. The standard InChI is InChI=1S/C19H30N4O6S2/c1-4-12-30(26,27)23-11-5-6-16(13-23)19(25)21-20-18(24)14-22(3)31(28,29)17-9-7-15(2)8-10-17/h7-10,16H,4-6,11-14H2,1-3H3,(H,20,24)(H,21,25). The van der Waals surface area contributed by atoms with Gasteiger partial charge in [0, 0.05) is 20.1 Å². The highest BCUT2D eigenvalue weighted by molar-refractivity contribution is 7.89. The minimum Gasteiger partial charge on any atom is -0.273 e. The lowest BCUT2D eigenvalue weighted by Gasteiger charge is -2.31. The molecule has 1 aliphatic heterocycles. The van der Waals surface area contributed by atoms with E-state index in [1.807, 2.05) is 6.92 Å². The average molecular weight is 475 g/mol. The van der Waals surface area contributed by atoms with Crippen molar-refractivity contribution in [2.75, 3.05) is 32.4 Å². The molecule has 1 heterocycles. The Balaban J connectivity index is 1.89. The summed E-state index contributed by atoms with van der Waals surface area (Å²) in [5.74, 6) is -1.78. The van der Waals surface area contributed by atoms with Gasteiger partial charge in [-0.1, -0.05) is 24.6 Å². The molecule has 0 saturated carbocycles. The normalized spacial score (nSPS) is 18.0. The van der Waals surface area contributed by atoms with E-state index in [1.165, 1.54) is 23.5 Å². The van der Waals surface area contributed by atoms with Gasteiger partial charge in [0.2, 0.25) is 26.0 Å². The van der Waals surface area contributed by atoms with E-state index >= 15 is 0 Å². The maximum atomic E-state index is 12.5. The van der Waals surface area contributed by atoms with Crippen LogP contribution in [0.15, 0.2) is 29.2 Å². The number of sulfonamides is 2. The summed E-state index contributed by atoms with van der Waals surface area (Å²) >= 11 is 0. The van der Waals surface area contributed by atoms with Crippen molar-refractivity contribution < 1.29 is 26.4 Å². The van der Waals surface area contributed by atoms with Crippen LogP contribution >= 0.6 is 0 Å². The van der Waals surface area contributed by atoms with Crippen molar-refractivity contribution in [3.63, 3.8) is 0 Å². The fraction of sp³-hybridized carbons (Fsp3) is 0.579. The van der Waals surface area contributed by atoms with Crippen LogP contribution in [0, 0.1) is 12.8 Å². The number of piperidine rings is 1. The second-order valence-electron chi connectivity index (χ2n) is 7.62. The summed E-state index contributed by atoms with van der Waals surface area (Å²) < 4.78 is 51.8. The SMILES string of the molecule is CCCS(=O)(=O)N1CCCC(C(=O)NNC(=O)CN(C)S(=O)(=O)c2ccc(C)cc2)C1. The summed E-state index contributed by atoms with van der Waals surface area (Å²) in [5.41, 5.74) is 5.40. The zero-order valence-electron chi connectivity index (χ0n) is 18.0. The van der Waals surface area contributed by atoms with E-state index in [9.17, 15) is 26.4 Å². The first-order valence-electron chi connectivity index (χ1n) is 10.1. The number of likely N-dealkylation sites (N-methyl/N-ethyl adjacent to an activating group) is 1. The van der Waals surface area contributed by atoms with Crippen LogP contribution in [0.4, 0.5) is 0 Å². The van der Waals surface area contributed by atoms with Crippen LogP contribution in [-0.2, 0) is 29.6 Å². The van der Waals surface area contributed by atoms with Crippen LogP contribution in [0.25, 0.3) is 0 Å². The molecule has 0 aromatic heterocycles. The third kappa shape index (κ3) is 6.73. The van der Waals surface area contributed by atoms with Gasteiger partial charge in [-0.2, -0.15) is 4.31 Å². The Kier molecular flexibility index (Phi) is 8.57. The van der Waals surface area contributed by atoms with E-state index in [4.69, 9.17) is 0 Å². The quantitative estimate of drug-likeness (QED) is 0.518. The summed E-state index contributed by atoms with van der Waals surface area (Å²) in [4.78, 5) is 24.6. The lowest BCUT2D eigenvalue weighted by atomic mass is 9.99. The number of carbonyl (C=O) groups is 2. The average Bonchev–Trinajstić information content (AvgIpc) is 2.72. The van der Waals surface area contributed by atoms with Gasteiger partial charge in [-0.05, 0) is 38.3 Å². The third-order valence-corrected chi connectivity index (χ3v) is 8.89. The van der Waals surface area contributed by atoms with Gasteiger partial charge in [0.1, 0.15) is 0 Å². The van der Waals surface area contributed by atoms with Crippen molar-refractivity contribution in [1.29, 1.82) is 0 Å². The number of benzene rings is 1. The Bertz CT molecular complexity index is 993. The molecule has 31 heavy (non-hydrogen) atoms. The van der Waals surface area contributed by atoms with Crippen LogP contribution in [-0.4, -0.2) is 69.7 Å². The number of nitrogens with one attached hydrogen (secondary N) is 2. The fourth-order valence-electron chi connectivity index (χ4n) is 3.25. The number of hydrogen-bond donors (Lipinski definition) is 2. The minimum absolute atomic E-state index is 0.0276. The van der Waals surface area contributed by atoms with Gasteiger partial charge in [-0.3, -0.25) is 20.4 Å². The molecule has 1 aromatic rings. The second kappa shape index (κ2) is 10.5. The van der Waals surface area contributed by atoms with Gasteiger partial charge in [0.25, 0.3) is 5.91 Å². The van der Waals surface area contributed by atoms with E-state index < -0.39 is 44.3 Å². The zero-order valence-corrected chi connectivity index (χ0v) is 19.6. The topological polar surface area (TPSA) is 133 Å². The molecule has 12 heteroatoms. The number of nitrogens with zero attached hydrogens (tertiary/aromatic N) is 2. The first-order chi connectivity index (χ1) is 14.5. The van der Waals surface area contributed by atoms with Crippen LogP contribution in [0.2, 0.25) is 0 Å². The first kappa shape index (κ1) is 25.2. The number of carbonyl (C=O) groups excluding carboxylic acids is 2. The first-order valence-corrected chi connectivity index (χ1v) is 13.1. The Morgan fingerprint density at radius 1 is 1.13 bits per heavy atom. The minimum atomic E-state index is -3.85. The molecule has 1 aliphatic rings. The fourth-order valence-corrected chi connectivity index (χ4v) is 5.96. The van der Waals surface area contributed by atoms with Gasteiger partial charge in [0.15, 0.2) is 0 Å². The molecule has 0 radical (unpaired) electrons. The highest BCUT2D eigenvalue weighted by Gasteiger charge is 2.32. The molecule has 174 valence electrons. The molecule has 1 fully saturated rings. The van der Waals surface area contributed by atoms with Crippen LogP contribution in [0.1, 0.15) is 31.7 Å². The third-order valence-electron chi connectivity index (χ3n) is 5.03.